The van der Waals surface area contributed by atoms with Crippen molar-refractivity contribution in [3.8, 4) is 0 Å². The third kappa shape index (κ3) is 2.97. The Morgan fingerprint density at radius 3 is 2.59 bits per heavy atom. The van der Waals surface area contributed by atoms with E-state index in [0.29, 0.717) is 31.0 Å². The Labute approximate surface area is 192 Å². The van der Waals surface area contributed by atoms with Gasteiger partial charge in [-0.25, -0.2) is 4.79 Å². The number of aromatic nitrogens is 1. The molecule has 2 atom stereocenters. The molecule has 2 aliphatic heterocycles. The molecule has 32 heavy (non-hydrogen) atoms. The first kappa shape index (κ1) is 21.0. The fraction of sp³-hybridized carbons (Fsp3) is 0.360. The molecular formula is C25H27ClN4O2. The molecule has 0 aliphatic carbocycles. The number of aromatic amines is 1. The van der Waals surface area contributed by atoms with Crippen LogP contribution in [0.1, 0.15) is 36.2 Å². The van der Waals surface area contributed by atoms with Crippen molar-refractivity contribution in [3.05, 3.63) is 70.4 Å². The van der Waals surface area contributed by atoms with Gasteiger partial charge in [0.25, 0.3) is 5.91 Å². The van der Waals surface area contributed by atoms with E-state index < -0.39 is 5.54 Å². The lowest BCUT2D eigenvalue weighted by atomic mass is 9.78. The number of fused-ring (bicyclic) bond motifs is 4. The number of amides is 3. The summed E-state index contributed by atoms with van der Waals surface area (Å²) in [5.74, 6) is -0.102. The molecule has 3 aromatic rings. The number of urea groups is 1. The van der Waals surface area contributed by atoms with Gasteiger partial charge in [0.15, 0.2) is 0 Å². The van der Waals surface area contributed by atoms with Crippen LogP contribution in [0.3, 0.4) is 0 Å². The molecule has 0 spiro atoms. The number of imide groups is 1. The number of nitrogens with one attached hydrogen (secondary N) is 1. The maximum atomic E-state index is 13.8. The summed E-state index contributed by atoms with van der Waals surface area (Å²) in [7, 11) is 3.89. The Kier molecular flexibility index (Phi) is 5.02. The first-order valence-corrected chi connectivity index (χ1v) is 11.4. The fourth-order valence-corrected chi connectivity index (χ4v) is 5.43. The van der Waals surface area contributed by atoms with E-state index in [9.17, 15) is 9.59 Å². The Bertz CT molecular complexity index is 1210. The molecule has 0 radical (unpaired) electrons. The van der Waals surface area contributed by atoms with Crippen LogP contribution >= 0.6 is 11.6 Å². The highest BCUT2D eigenvalue weighted by molar-refractivity contribution is 6.31. The zero-order chi connectivity index (χ0) is 22.6. The molecule has 1 saturated heterocycles. The SMILES string of the molecule is CCC12Cc3c([nH]c4ccc(Cl)cc34)C(c3ccccc3)N1C(=O)N(CCN(C)C)C2=O. The lowest BCUT2D eigenvalue weighted by Gasteiger charge is -2.44. The van der Waals surface area contributed by atoms with Crippen LogP contribution in [0.15, 0.2) is 48.5 Å². The number of hydrogen-bond acceptors (Lipinski definition) is 3. The zero-order valence-corrected chi connectivity index (χ0v) is 19.3. The van der Waals surface area contributed by atoms with Crippen molar-refractivity contribution in [2.45, 2.75) is 31.3 Å². The molecule has 1 N–H and O–H groups in total. The molecule has 6 nitrogen and oxygen atoms in total. The molecule has 3 heterocycles. The van der Waals surface area contributed by atoms with Crippen LogP contribution in [-0.2, 0) is 11.2 Å². The maximum absolute atomic E-state index is 13.8. The number of likely N-dealkylation sites (N-methyl/N-ethyl adjacent to an activating group) is 1. The van der Waals surface area contributed by atoms with Crippen molar-refractivity contribution < 1.29 is 9.59 Å². The van der Waals surface area contributed by atoms with Crippen molar-refractivity contribution in [2.24, 2.45) is 0 Å². The third-order valence-electron chi connectivity index (χ3n) is 6.91. The van der Waals surface area contributed by atoms with E-state index in [1.54, 1.807) is 0 Å². The molecule has 1 aromatic heterocycles. The van der Waals surface area contributed by atoms with Gasteiger partial charge in [0.2, 0.25) is 0 Å². The molecule has 2 aliphatic rings. The third-order valence-corrected chi connectivity index (χ3v) is 7.15. The first-order chi connectivity index (χ1) is 15.4. The van der Waals surface area contributed by atoms with E-state index in [4.69, 9.17) is 11.6 Å². The standard InChI is InChI=1S/C25H27ClN4O2/c1-4-25-15-19-18-14-17(26)10-11-20(18)27-21(19)22(16-8-6-5-7-9-16)30(25)24(32)29(23(25)31)13-12-28(2)3/h5-11,14,22,27H,4,12-13,15H2,1-3H3. The van der Waals surface area contributed by atoms with E-state index >= 15 is 0 Å². The summed E-state index contributed by atoms with van der Waals surface area (Å²) in [4.78, 5) is 36.4. The van der Waals surface area contributed by atoms with Crippen LogP contribution in [0.2, 0.25) is 5.02 Å². The van der Waals surface area contributed by atoms with Crippen LogP contribution in [0.25, 0.3) is 10.9 Å². The lowest BCUT2D eigenvalue weighted by Crippen LogP contribution is -2.55. The smallest absolute Gasteiger partial charge is 0.328 e. The topological polar surface area (TPSA) is 59.7 Å². The number of carbonyl (C=O) groups excluding carboxylic acids is 2. The molecule has 166 valence electrons. The van der Waals surface area contributed by atoms with Gasteiger partial charge in [-0.3, -0.25) is 14.6 Å². The number of carbonyl (C=O) groups is 2. The quantitative estimate of drug-likeness (QED) is 0.584. The minimum atomic E-state index is -0.908. The van der Waals surface area contributed by atoms with Gasteiger partial charge in [0, 0.05) is 41.1 Å². The summed E-state index contributed by atoms with van der Waals surface area (Å²) in [6.07, 6.45) is 1.03. The van der Waals surface area contributed by atoms with Crippen molar-refractivity contribution >= 4 is 34.4 Å². The lowest BCUT2D eigenvalue weighted by molar-refractivity contribution is -0.134. The van der Waals surface area contributed by atoms with Crippen LogP contribution < -0.4 is 0 Å². The Balaban J connectivity index is 1.73. The minimum absolute atomic E-state index is 0.102. The minimum Gasteiger partial charge on any atom is -0.356 e. The number of rotatable bonds is 5. The van der Waals surface area contributed by atoms with Gasteiger partial charge in [-0.1, -0.05) is 48.9 Å². The summed E-state index contributed by atoms with van der Waals surface area (Å²) in [5, 5.41) is 1.68. The van der Waals surface area contributed by atoms with Crippen LogP contribution in [0.5, 0.6) is 0 Å². The second-order valence-corrected chi connectivity index (χ2v) is 9.43. The van der Waals surface area contributed by atoms with Gasteiger partial charge in [0.05, 0.1) is 0 Å². The fourth-order valence-electron chi connectivity index (χ4n) is 5.25. The van der Waals surface area contributed by atoms with Crippen molar-refractivity contribution in [1.82, 2.24) is 19.7 Å². The van der Waals surface area contributed by atoms with E-state index in [1.165, 1.54) is 4.90 Å². The number of hydrogen-bond donors (Lipinski definition) is 1. The second-order valence-electron chi connectivity index (χ2n) is 8.99. The summed E-state index contributed by atoms with van der Waals surface area (Å²) in [6, 6.07) is 15.2. The van der Waals surface area contributed by atoms with E-state index in [0.717, 1.165) is 27.7 Å². The number of benzene rings is 2. The summed E-state index contributed by atoms with van der Waals surface area (Å²) in [5.41, 5.74) is 3.09. The zero-order valence-electron chi connectivity index (χ0n) is 18.6. The van der Waals surface area contributed by atoms with Gasteiger partial charge in [-0.15, -0.1) is 0 Å². The van der Waals surface area contributed by atoms with Crippen molar-refractivity contribution in [3.63, 3.8) is 0 Å². The molecule has 2 unspecified atom stereocenters. The Morgan fingerprint density at radius 2 is 1.91 bits per heavy atom. The van der Waals surface area contributed by atoms with Crippen LogP contribution in [0.4, 0.5) is 4.79 Å². The molecule has 0 saturated carbocycles. The van der Waals surface area contributed by atoms with Gasteiger partial charge >= 0.3 is 6.03 Å². The Morgan fingerprint density at radius 1 is 1.16 bits per heavy atom. The molecule has 5 rings (SSSR count). The van der Waals surface area contributed by atoms with E-state index in [-0.39, 0.29) is 18.0 Å². The molecule has 7 heteroatoms. The molecule has 0 bridgehead atoms. The Hall–Kier alpha value is -2.83. The normalized spacial score (nSPS) is 22.7. The van der Waals surface area contributed by atoms with Crippen molar-refractivity contribution in [2.75, 3.05) is 27.2 Å². The number of H-pyrrole nitrogens is 1. The summed E-state index contributed by atoms with van der Waals surface area (Å²) < 4.78 is 0. The average Bonchev–Trinajstić information content (AvgIpc) is 3.24. The monoisotopic (exact) mass is 450 g/mol. The largest absolute Gasteiger partial charge is 0.356 e. The highest BCUT2D eigenvalue weighted by atomic mass is 35.5. The second kappa shape index (κ2) is 7.64. The van der Waals surface area contributed by atoms with Gasteiger partial charge in [-0.2, -0.15) is 0 Å². The van der Waals surface area contributed by atoms with Crippen LogP contribution in [-0.4, -0.2) is 64.3 Å². The van der Waals surface area contributed by atoms with E-state index in [1.807, 2.05) is 79.3 Å². The average molecular weight is 451 g/mol. The predicted octanol–water partition coefficient (Wildman–Crippen LogP) is 4.44. The highest BCUT2D eigenvalue weighted by Crippen LogP contribution is 2.50. The van der Waals surface area contributed by atoms with E-state index in [2.05, 4.69) is 4.98 Å². The maximum Gasteiger partial charge on any atom is 0.328 e. The summed E-state index contributed by atoms with van der Waals surface area (Å²) in [6.45, 7) is 3.01. The molecule has 2 aromatic carbocycles. The van der Waals surface area contributed by atoms with Crippen LogP contribution in [0, 0.1) is 0 Å². The highest BCUT2D eigenvalue weighted by Gasteiger charge is 2.61. The number of halogens is 1. The predicted molar refractivity (Wildman–Crippen MR) is 126 cm³/mol. The van der Waals surface area contributed by atoms with Gasteiger partial charge < -0.3 is 9.88 Å². The van der Waals surface area contributed by atoms with Gasteiger partial charge in [0.1, 0.15) is 11.6 Å². The molecular weight excluding hydrogens is 424 g/mol. The molecule has 1 fully saturated rings. The van der Waals surface area contributed by atoms with Gasteiger partial charge in [-0.05, 0) is 49.8 Å². The van der Waals surface area contributed by atoms with Crippen molar-refractivity contribution in [1.29, 1.82) is 0 Å². The first-order valence-electron chi connectivity index (χ1n) is 11.0. The number of nitrogens with zero attached hydrogens (tertiary/aromatic N) is 3. The summed E-state index contributed by atoms with van der Waals surface area (Å²) >= 11 is 6.34. The molecule has 3 amide bonds.